The predicted molar refractivity (Wildman–Crippen MR) is 127 cm³/mol. The molecule has 1 aliphatic heterocycles. The van der Waals surface area contributed by atoms with Gasteiger partial charge in [-0.25, -0.2) is 12.8 Å². The number of halogens is 1. The zero-order valence-corrected chi connectivity index (χ0v) is 20.4. The van der Waals surface area contributed by atoms with E-state index in [1.54, 1.807) is 24.3 Å². The molecule has 0 unspecified atom stereocenters. The van der Waals surface area contributed by atoms with E-state index >= 15 is 0 Å². The summed E-state index contributed by atoms with van der Waals surface area (Å²) >= 11 is 0. The zero-order chi connectivity index (χ0) is 25.1. The minimum Gasteiger partial charge on any atom is -0.452 e. The van der Waals surface area contributed by atoms with Crippen LogP contribution in [0.5, 0.6) is 0 Å². The van der Waals surface area contributed by atoms with Gasteiger partial charge < -0.3 is 14.8 Å². The first kappa shape index (κ1) is 25.3. The summed E-state index contributed by atoms with van der Waals surface area (Å²) < 4.78 is 51.4. The van der Waals surface area contributed by atoms with Crippen molar-refractivity contribution >= 4 is 27.6 Å². The smallest absolute Gasteiger partial charge is 0.317 e. The number of hydrogen-bond donors (Lipinski definition) is 1. The molecule has 1 aliphatic carbocycles. The number of anilines is 1. The topological polar surface area (TPSA) is 102 Å². The molecule has 1 atom stereocenters. The molecular formula is C25H29FN2O6S. The molecule has 1 saturated carbocycles. The van der Waals surface area contributed by atoms with Crippen LogP contribution in [-0.4, -0.2) is 57.0 Å². The fourth-order valence-corrected chi connectivity index (χ4v) is 6.05. The molecule has 188 valence electrons. The van der Waals surface area contributed by atoms with Crippen LogP contribution in [0, 0.1) is 5.82 Å². The van der Waals surface area contributed by atoms with Gasteiger partial charge in [0.15, 0.2) is 6.10 Å². The lowest BCUT2D eigenvalue weighted by molar-refractivity contribution is -0.159. The molecule has 2 aliphatic rings. The SMILES string of the molecule is C[C@@H](OC(=O)C1(c2ccc(F)cc2)CCCC1)C(=O)Nc1cccc(S(=O)(=O)N2CCOCC2)c1. The summed E-state index contributed by atoms with van der Waals surface area (Å²) in [4.78, 5) is 26.0. The van der Waals surface area contributed by atoms with Gasteiger partial charge in [-0.3, -0.25) is 9.59 Å². The van der Waals surface area contributed by atoms with Crippen LogP contribution >= 0.6 is 0 Å². The Morgan fingerprint density at radius 3 is 2.40 bits per heavy atom. The first-order valence-corrected chi connectivity index (χ1v) is 13.1. The molecule has 0 spiro atoms. The van der Waals surface area contributed by atoms with E-state index in [1.165, 1.54) is 35.5 Å². The highest BCUT2D eigenvalue weighted by atomic mass is 32.2. The molecule has 8 nitrogen and oxygen atoms in total. The monoisotopic (exact) mass is 504 g/mol. The average molecular weight is 505 g/mol. The summed E-state index contributed by atoms with van der Waals surface area (Å²) in [5.41, 5.74) is 0.0466. The van der Waals surface area contributed by atoms with Crippen molar-refractivity contribution in [2.24, 2.45) is 0 Å². The van der Waals surface area contributed by atoms with E-state index in [4.69, 9.17) is 9.47 Å². The van der Waals surface area contributed by atoms with Gasteiger partial charge >= 0.3 is 5.97 Å². The molecule has 2 aromatic rings. The Bertz CT molecular complexity index is 1170. The van der Waals surface area contributed by atoms with Crippen molar-refractivity contribution < 1.29 is 31.9 Å². The second kappa shape index (κ2) is 10.4. The maximum absolute atomic E-state index is 13.4. The third kappa shape index (κ3) is 5.39. The molecule has 10 heteroatoms. The fraction of sp³-hybridized carbons (Fsp3) is 0.440. The van der Waals surface area contributed by atoms with E-state index in [9.17, 15) is 22.4 Å². The van der Waals surface area contributed by atoms with Crippen molar-refractivity contribution in [2.75, 3.05) is 31.6 Å². The normalized spacial score (nSPS) is 19.1. The number of esters is 1. The first-order valence-electron chi connectivity index (χ1n) is 11.7. The number of carbonyl (C=O) groups is 2. The van der Waals surface area contributed by atoms with Gasteiger partial charge in [0, 0.05) is 18.8 Å². The fourth-order valence-electron chi connectivity index (χ4n) is 4.60. The number of nitrogens with zero attached hydrogens (tertiary/aromatic N) is 1. The number of ether oxygens (including phenoxy) is 2. The number of rotatable bonds is 7. The molecule has 0 aromatic heterocycles. The van der Waals surface area contributed by atoms with Crippen LogP contribution in [0.2, 0.25) is 0 Å². The van der Waals surface area contributed by atoms with E-state index in [0.717, 1.165) is 12.8 Å². The molecular weight excluding hydrogens is 475 g/mol. The quantitative estimate of drug-likeness (QED) is 0.581. The van der Waals surface area contributed by atoms with Gasteiger partial charge in [-0.1, -0.05) is 31.0 Å². The number of hydrogen-bond acceptors (Lipinski definition) is 6. The van der Waals surface area contributed by atoms with E-state index < -0.39 is 33.4 Å². The van der Waals surface area contributed by atoms with E-state index in [0.29, 0.717) is 31.6 Å². The summed E-state index contributed by atoms with van der Waals surface area (Å²) in [7, 11) is -3.72. The molecule has 1 N–H and O–H groups in total. The Balaban J connectivity index is 1.44. The molecule has 0 bridgehead atoms. The van der Waals surface area contributed by atoms with Crippen molar-refractivity contribution in [3.05, 3.63) is 59.9 Å². The van der Waals surface area contributed by atoms with Gasteiger partial charge in [-0.05, 0) is 55.7 Å². The minimum absolute atomic E-state index is 0.0584. The van der Waals surface area contributed by atoms with Crippen LogP contribution in [0.3, 0.4) is 0 Å². The van der Waals surface area contributed by atoms with Gasteiger partial charge in [0.25, 0.3) is 5.91 Å². The van der Waals surface area contributed by atoms with Crippen molar-refractivity contribution in [1.82, 2.24) is 4.31 Å². The lowest BCUT2D eigenvalue weighted by Crippen LogP contribution is -2.40. The number of sulfonamides is 1. The zero-order valence-electron chi connectivity index (χ0n) is 19.5. The van der Waals surface area contributed by atoms with E-state index in [1.807, 2.05) is 0 Å². The summed E-state index contributed by atoms with van der Waals surface area (Å²) in [6.45, 7) is 2.66. The number of benzene rings is 2. The van der Waals surface area contributed by atoms with Gasteiger partial charge in [-0.2, -0.15) is 4.31 Å². The number of carbonyl (C=O) groups excluding carboxylic acids is 2. The van der Waals surface area contributed by atoms with Crippen LogP contribution in [0.4, 0.5) is 10.1 Å². The third-order valence-electron chi connectivity index (χ3n) is 6.61. The Kier molecular flexibility index (Phi) is 7.53. The highest BCUT2D eigenvalue weighted by Crippen LogP contribution is 2.42. The van der Waals surface area contributed by atoms with Gasteiger partial charge in [0.05, 0.1) is 23.5 Å². The largest absolute Gasteiger partial charge is 0.452 e. The summed E-state index contributed by atoms with van der Waals surface area (Å²) in [5.74, 6) is -1.49. The molecule has 1 saturated heterocycles. The summed E-state index contributed by atoms with van der Waals surface area (Å²) in [5, 5.41) is 2.64. The second-order valence-corrected chi connectivity index (χ2v) is 10.8. The van der Waals surface area contributed by atoms with Crippen LogP contribution in [0.25, 0.3) is 0 Å². The van der Waals surface area contributed by atoms with Crippen molar-refractivity contribution in [2.45, 2.75) is 49.0 Å². The molecule has 1 heterocycles. The van der Waals surface area contributed by atoms with Crippen LogP contribution in [0.15, 0.2) is 53.4 Å². The Morgan fingerprint density at radius 1 is 1.09 bits per heavy atom. The van der Waals surface area contributed by atoms with Crippen molar-refractivity contribution in [3.8, 4) is 0 Å². The van der Waals surface area contributed by atoms with Gasteiger partial charge in [0.2, 0.25) is 10.0 Å². The predicted octanol–water partition coefficient (Wildman–Crippen LogP) is 3.23. The van der Waals surface area contributed by atoms with E-state index in [-0.39, 0.29) is 29.5 Å². The third-order valence-corrected chi connectivity index (χ3v) is 8.50. The lowest BCUT2D eigenvalue weighted by Gasteiger charge is -2.28. The Morgan fingerprint density at radius 2 is 1.74 bits per heavy atom. The molecule has 1 amide bonds. The highest BCUT2D eigenvalue weighted by molar-refractivity contribution is 7.89. The Labute approximate surface area is 204 Å². The highest BCUT2D eigenvalue weighted by Gasteiger charge is 2.45. The first-order chi connectivity index (χ1) is 16.7. The van der Waals surface area contributed by atoms with Crippen molar-refractivity contribution in [1.29, 1.82) is 0 Å². The summed E-state index contributed by atoms with van der Waals surface area (Å²) in [6, 6.07) is 11.8. The van der Waals surface area contributed by atoms with Gasteiger partial charge in [-0.15, -0.1) is 0 Å². The second-order valence-electron chi connectivity index (χ2n) is 8.88. The average Bonchev–Trinajstić information content (AvgIpc) is 3.36. The van der Waals surface area contributed by atoms with Crippen LogP contribution < -0.4 is 5.32 Å². The number of morpholine rings is 1. The minimum atomic E-state index is -3.72. The Hall–Kier alpha value is -2.82. The molecule has 35 heavy (non-hydrogen) atoms. The van der Waals surface area contributed by atoms with E-state index in [2.05, 4.69) is 5.32 Å². The standard InChI is InChI=1S/C25H29FN2O6S/c1-18(34-24(30)25(11-2-3-12-25)19-7-9-20(26)10-8-19)23(29)27-21-5-4-6-22(17-21)35(31,32)28-13-15-33-16-14-28/h4-10,17-18H,2-3,11-16H2,1H3,(H,27,29)/t18-/m1/s1. The molecule has 0 radical (unpaired) electrons. The van der Waals surface area contributed by atoms with Crippen molar-refractivity contribution in [3.63, 3.8) is 0 Å². The molecule has 4 rings (SSSR count). The van der Waals surface area contributed by atoms with Gasteiger partial charge in [0.1, 0.15) is 5.82 Å². The maximum atomic E-state index is 13.4. The molecule has 2 fully saturated rings. The lowest BCUT2D eigenvalue weighted by atomic mass is 9.79. The number of nitrogens with one attached hydrogen (secondary N) is 1. The number of amides is 1. The molecule has 2 aromatic carbocycles. The van der Waals surface area contributed by atoms with Crippen LogP contribution in [0.1, 0.15) is 38.2 Å². The van der Waals surface area contributed by atoms with Crippen LogP contribution in [-0.2, 0) is 34.5 Å². The maximum Gasteiger partial charge on any atom is 0.317 e. The summed E-state index contributed by atoms with van der Waals surface area (Å²) in [6.07, 6.45) is 1.68.